The molecule has 0 amide bonds. The number of aryl methyl sites for hydroxylation is 2. The Morgan fingerprint density at radius 3 is 2.00 bits per heavy atom. The second kappa shape index (κ2) is 8.02. The number of hydrogen-bond acceptors (Lipinski definition) is 5. The summed E-state index contributed by atoms with van der Waals surface area (Å²) in [6.07, 6.45) is -0.954. The van der Waals surface area contributed by atoms with Crippen LogP contribution in [0.5, 0.6) is 0 Å². The number of ether oxygens (including phenoxy) is 1. The number of nitrogens with zero attached hydrogens (tertiary/aromatic N) is 1. The highest BCUT2D eigenvalue weighted by Gasteiger charge is 2.22. The predicted octanol–water partition coefficient (Wildman–Crippen LogP) is 2.98. The molecule has 0 aliphatic carbocycles. The average Bonchev–Trinajstić information content (AvgIpc) is 2.63. The van der Waals surface area contributed by atoms with Gasteiger partial charge in [0.1, 0.15) is 0 Å². The van der Waals surface area contributed by atoms with Crippen LogP contribution in [-0.4, -0.2) is 44.7 Å². The normalized spacial score (nSPS) is 12.7. The molecule has 0 radical (unpaired) electrons. The van der Waals surface area contributed by atoms with Gasteiger partial charge in [-0.2, -0.15) is 0 Å². The van der Waals surface area contributed by atoms with E-state index in [0.29, 0.717) is 5.56 Å². The third-order valence-electron chi connectivity index (χ3n) is 4.31. The van der Waals surface area contributed by atoms with Crippen molar-refractivity contribution in [2.45, 2.75) is 31.8 Å². The maximum absolute atomic E-state index is 12.5. The Morgan fingerprint density at radius 2 is 1.48 bits per heavy atom. The van der Waals surface area contributed by atoms with Crippen molar-refractivity contribution in [1.82, 2.24) is 4.31 Å². The van der Waals surface area contributed by atoms with Crippen LogP contribution in [-0.2, 0) is 14.8 Å². The standard InChI is InChI=1S/C20H23NO5S/c1-13-6-7-17(12-14(13)2)19(22)15(3)26-20(23)16-8-10-18(11-9-16)27(24,25)21(4)5/h6-12,15H,1-5H3. The zero-order chi connectivity index (χ0) is 20.4. The van der Waals surface area contributed by atoms with E-state index in [4.69, 9.17) is 4.74 Å². The number of ketones is 1. The number of rotatable bonds is 6. The molecule has 2 aromatic carbocycles. The van der Waals surface area contributed by atoms with E-state index in [2.05, 4.69) is 0 Å². The lowest BCUT2D eigenvalue weighted by Gasteiger charge is -2.14. The molecule has 7 heteroatoms. The Hall–Kier alpha value is -2.51. The van der Waals surface area contributed by atoms with Crippen molar-refractivity contribution in [2.75, 3.05) is 14.1 Å². The highest BCUT2D eigenvalue weighted by molar-refractivity contribution is 7.89. The molecule has 1 unspecified atom stereocenters. The van der Waals surface area contributed by atoms with Crippen LogP contribution in [0.4, 0.5) is 0 Å². The molecular formula is C20H23NO5S. The summed E-state index contributed by atoms with van der Waals surface area (Å²) in [5.74, 6) is -0.980. The lowest BCUT2D eigenvalue weighted by atomic mass is 10.0. The minimum atomic E-state index is -3.57. The van der Waals surface area contributed by atoms with Gasteiger partial charge in [0.05, 0.1) is 10.5 Å². The van der Waals surface area contributed by atoms with E-state index in [9.17, 15) is 18.0 Å². The fourth-order valence-electron chi connectivity index (χ4n) is 2.39. The monoisotopic (exact) mass is 389 g/mol. The van der Waals surface area contributed by atoms with Crippen LogP contribution in [0.3, 0.4) is 0 Å². The van der Waals surface area contributed by atoms with Gasteiger partial charge in [-0.3, -0.25) is 4.79 Å². The Labute approximate surface area is 159 Å². The fraction of sp³-hybridized carbons (Fsp3) is 0.300. The number of carbonyl (C=O) groups is 2. The molecule has 0 aliphatic rings. The van der Waals surface area contributed by atoms with Crippen LogP contribution in [0.2, 0.25) is 0 Å². The molecule has 0 fully saturated rings. The van der Waals surface area contributed by atoms with Crippen molar-refractivity contribution in [1.29, 1.82) is 0 Å². The summed E-state index contributed by atoms with van der Waals surface area (Å²) >= 11 is 0. The SMILES string of the molecule is Cc1ccc(C(=O)C(C)OC(=O)c2ccc(S(=O)(=O)N(C)C)cc2)cc1C. The molecule has 0 aromatic heterocycles. The number of Topliss-reactive ketones (excluding diaryl/α,β-unsaturated/α-hetero) is 1. The van der Waals surface area contributed by atoms with Crippen LogP contribution in [0.25, 0.3) is 0 Å². The van der Waals surface area contributed by atoms with E-state index in [0.717, 1.165) is 15.4 Å². The van der Waals surface area contributed by atoms with E-state index in [-0.39, 0.29) is 16.2 Å². The summed E-state index contributed by atoms with van der Waals surface area (Å²) in [4.78, 5) is 24.8. The molecule has 27 heavy (non-hydrogen) atoms. The van der Waals surface area contributed by atoms with Crippen molar-refractivity contribution in [3.63, 3.8) is 0 Å². The van der Waals surface area contributed by atoms with Crippen LogP contribution in [0.15, 0.2) is 47.4 Å². The van der Waals surface area contributed by atoms with Gasteiger partial charge in [0.2, 0.25) is 15.8 Å². The van der Waals surface area contributed by atoms with Gasteiger partial charge < -0.3 is 4.74 Å². The Kier molecular flexibility index (Phi) is 6.18. The number of carbonyl (C=O) groups excluding carboxylic acids is 2. The third-order valence-corrected chi connectivity index (χ3v) is 6.14. The molecule has 2 aromatic rings. The highest BCUT2D eigenvalue weighted by Crippen LogP contribution is 2.17. The second-order valence-corrected chi connectivity index (χ2v) is 8.67. The summed E-state index contributed by atoms with van der Waals surface area (Å²) < 4.78 is 30.4. The van der Waals surface area contributed by atoms with Gasteiger partial charge in [0, 0.05) is 19.7 Å². The highest BCUT2D eigenvalue weighted by atomic mass is 32.2. The number of sulfonamides is 1. The lowest BCUT2D eigenvalue weighted by Crippen LogP contribution is -2.25. The van der Waals surface area contributed by atoms with Gasteiger partial charge in [0.25, 0.3) is 0 Å². The molecular weight excluding hydrogens is 366 g/mol. The van der Waals surface area contributed by atoms with Gasteiger partial charge >= 0.3 is 5.97 Å². The molecule has 0 N–H and O–H groups in total. The van der Waals surface area contributed by atoms with Crippen LogP contribution in [0.1, 0.15) is 38.8 Å². The number of benzene rings is 2. The van der Waals surface area contributed by atoms with Crippen molar-refractivity contribution in [3.8, 4) is 0 Å². The third kappa shape index (κ3) is 4.61. The first-order valence-corrected chi connectivity index (χ1v) is 9.83. The zero-order valence-corrected chi connectivity index (χ0v) is 16.8. The molecule has 0 heterocycles. The van der Waals surface area contributed by atoms with E-state index < -0.39 is 22.1 Å². The molecule has 0 saturated heterocycles. The van der Waals surface area contributed by atoms with Gasteiger partial charge in [0.15, 0.2) is 6.10 Å². The second-order valence-electron chi connectivity index (χ2n) is 6.52. The van der Waals surface area contributed by atoms with E-state index in [1.165, 1.54) is 45.3 Å². The minimum absolute atomic E-state index is 0.0725. The number of esters is 1. The molecule has 1 atom stereocenters. The lowest BCUT2D eigenvalue weighted by molar-refractivity contribution is 0.0318. The maximum atomic E-state index is 12.5. The summed E-state index contributed by atoms with van der Waals surface area (Å²) in [5.41, 5.74) is 2.71. The van der Waals surface area contributed by atoms with Crippen molar-refractivity contribution in [2.24, 2.45) is 0 Å². The molecule has 144 valence electrons. The molecule has 0 saturated carbocycles. The Morgan fingerprint density at radius 1 is 0.926 bits per heavy atom. The first-order valence-electron chi connectivity index (χ1n) is 8.39. The molecule has 6 nitrogen and oxygen atoms in total. The van der Waals surface area contributed by atoms with Gasteiger partial charge in [-0.05, 0) is 62.2 Å². The average molecular weight is 389 g/mol. The maximum Gasteiger partial charge on any atom is 0.338 e. The van der Waals surface area contributed by atoms with Crippen molar-refractivity contribution < 1.29 is 22.7 Å². The summed E-state index contributed by atoms with van der Waals surface area (Å²) in [6.45, 7) is 5.37. The predicted molar refractivity (Wildman–Crippen MR) is 102 cm³/mol. The summed E-state index contributed by atoms with van der Waals surface area (Å²) in [6, 6.07) is 10.7. The fourth-order valence-corrected chi connectivity index (χ4v) is 3.29. The number of hydrogen-bond donors (Lipinski definition) is 0. The van der Waals surface area contributed by atoms with Gasteiger partial charge in [-0.1, -0.05) is 12.1 Å². The van der Waals surface area contributed by atoms with Crippen LogP contribution >= 0.6 is 0 Å². The van der Waals surface area contributed by atoms with Crippen LogP contribution in [0, 0.1) is 13.8 Å². The van der Waals surface area contributed by atoms with E-state index in [1.807, 2.05) is 19.9 Å². The minimum Gasteiger partial charge on any atom is -0.451 e. The van der Waals surface area contributed by atoms with Crippen LogP contribution < -0.4 is 0 Å². The first-order chi connectivity index (χ1) is 12.5. The van der Waals surface area contributed by atoms with Crippen molar-refractivity contribution >= 4 is 21.8 Å². The van der Waals surface area contributed by atoms with Crippen molar-refractivity contribution in [3.05, 3.63) is 64.7 Å². The first kappa shape index (κ1) is 20.8. The smallest absolute Gasteiger partial charge is 0.338 e. The van der Waals surface area contributed by atoms with E-state index in [1.54, 1.807) is 12.1 Å². The molecule has 0 spiro atoms. The Bertz CT molecular complexity index is 962. The van der Waals surface area contributed by atoms with E-state index >= 15 is 0 Å². The van der Waals surface area contributed by atoms with Gasteiger partial charge in [-0.15, -0.1) is 0 Å². The zero-order valence-electron chi connectivity index (χ0n) is 16.0. The largest absolute Gasteiger partial charge is 0.451 e. The quantitative estimate of drug-likeness (QED) is 0.560. The summed E-state index contributed by atoms with van der Waals surface area (Å²) in [5, 5.41) is 0. The molecule has 2 rings (SSSR count). The molecule has 0 aliphatic heterocycles. The Balaban J connectivity index is 2.12. The summed E-state index contributed by atoms with van der Waals surface area (Å²) in [7, 11) is -0.716. The topological polar surface area (TPSA) is 80.8 Å². The van der Waals surface area contributed by atoms with Gasteiger partial charge in [-0.25, -0.2) is 17.5 Å². The molecule has 0 bridgehead atoms.